The van der Waals surface area contributed by atoms with Crippen LogP contribution in [0.5, 0.6) is 0 Å². The Balaban J connectivity index is 1.46. The second kappa shape index (κ2) is 10.6. The number of rotatable bonds is 7. The number of halogens is 2. The summed E-state index contributed by atoms with van der Waals surface area (Å²) in [5.74, 6) is -0.381. The third-order valence-electron chi connectivity index (χ3n) is 5.32. The molecule has 9 heteroatoms. The lowest BCUT2D eigenvalue weighted by atomic mass is 10.1. The van der Waals surface area contributed by atoms with E-state index in [1.165, 1.54) is 11.8 Å². The first kappa shape index (κ1) is 24.2. The predicted octanol–water partition coefficient (Wildman–Crippen LogP) is 6.79. The summed E-state index contributed by atoms with van der Waals surface area (Å²) in [4.78, 5) is 29.8. The molecule has 6 nitrogen and oxygen atoms in total. The maximum absolute atomic E-state index is 12.7. The van der Waals surface area contributed by atoms with Gasteiger partial charge in [-0.1, -0.05) is 83.5 Å². The third kappa shape index (κ3) is 5.33. The van der Waals surface area contributed by atoms with Gasteiger partial charge in [-0.05, 0) is 35.9 Å². The minimum atomic E-state index is -0.514. The van der Waals surface area contributed by atoms with Crippen molar-refractivity contribution in [2.45, 2.75) is 11.8 Å². The number of nitrogens with zero attached hydrogens (tertiary/aromatic N) is 2. The van der Waals surface area contributed by atoms with Crippen LogP contribution in [0.4, 0.5) is 0 Å². The maximum atomic E-state index is 12.7. The highest BCUT2D eigenvalue weighted by molar-refractivity contribution is 7.99. The van der Waals surface area contributed by atoms with Crippen molar-refractivity contribution in [3.05, 3.63) is 111 Å². The number of fused-ring (bicyclic) bond motifs is 1. The summed E-state index contributed by atoms with van der Waals surface area (Å²) in [6.45, 7) is 0.182. The molecule has 0 aliphatic rings. The minimum absolute atomic E-state index is 0.0147. The van der Waals surface area contributed by atoms with Crippen LogP contribution >= 0.6 is 35.0 Å². The van der Waals surface area contributed by atoms with Crippen LogP contribution in [0.3, 0.4) is 0 Å². The molecular weight excluding hydrogens is 519 g/mol. The van der Waals surface area contributed by atoms with Crippen LogP contribution in [0, 0.1) is 0 Å². The van der Waals surface area contributed by atoms with Crippen molar-refractivity contribution in [1.82, 2.24) is 9.55 Å². The van der Waals surface area contributed by atoms with E-state index in [2.05, 4.69) is 4.98 Å². The molecule has 0 aliphatic carbocycles. The van der Waals surface area contributed by atoms with Gasteiger partial charge in [0, 0.05) is 16.6 Å². The molecule has 0 bridgehead atoms. The zero-order chi connectivity index (χ0) is 25.1. The lowest BCUT2D eigenvalue weighted by Crippen LogP contribution is -2.08. The summed E-state index contributed by atoms with van der Waals surface area (Å²) in [7, 11) is 0. The van der Waals surface area contributed by atoms with Gasteiger partial charge in [-0.15, -0.1) is 0 Å². The molecule has 0 unspecified atom stereocenters. The van der Waals surface area contributed by atoms with Crippen LogP contribution in [-0.4, -0.2) is 21.3 Å². The lowest BCUT2D eigenvalue weighted by Gasteiger charge is -2.09. The minimum Gasteiger partial charge on any atom is -0.460 e. The fraction of sp³-hybridized carbons (Fsp3) is 0.0741. The number of carbonyl (C=O) groups excluding carboxylic acids is 1. The van der Waals surface area contributed by atoms with Gasteiger partial charge >= 0.3 is 11.6 Å². The highest BCUT2D eigenvalue weighted by atomic mass is 35.5. The van der Waals surface area contributed by atoms with Gasteiger partial charge in [0.15, 0.2) is 5.16 Å². The van der Waals surface area contributed by atoms with Gasteiger partial charge in [0.1, 0.15) is 12.2 Å². The Morgan fingerprint density at radius 1 is 1.00 bits per heavy atom. The van der Waals surface area contributed by atoms with Gasteiger partial charge in [0.25, 0.3) is 0 Å². The van der Waals surface area contributed by atoms with Gasteiger partial charge in [-0.3, -0.25) is 9.36 Å². The predicted molar refractivity (Wildman–Crippen MR) is 142 cm³/mol. The van der Waals surface area contributed by atoms with Crippen LogP contribution in [-0.2, 0) is 16.1 Å². The fourth-order valence-corrected chi connectivity index (χ4v) is 4.87. The molecule has 0 aliphatic heterocycles. The first-order chi connectivity index (χ1) is 17.5. The number of benzene rings is 3. The van der Waals surface area contributed by atoms with Crippen LogP contribution in [0.2, 0.25) is 10.0 Å². The molecule has 0 spiro atoms. The Kier molecular flexibility index (Phi) is 7.13. The average molecular weight is 537 g/mol. The van der Waals surface area contributed by atoms with Crippen molar-refractivity contribution >= 4 is 51.9 Å². The quantitative estimate of drug-likeness (QED) is 0.129. The molecule has 0 atom stereocenters. The van der Waals surface area contributed by atoms with Crippen molar-refractivity contribution in [1.29, 1.82) is 0 Å². The zero-order valence-electron chi connectivity index (χ0n) is 18.7. The molecule has 0 N–H and O–H groups in total. The van der Waals surface area contributed by atoms with Crippen LogP contribution in [0.1, 0.15) is 5.56 Å². The van der Waals surface area contributed by atoms with Crippen LogP contribution in [0.15, 0.2) is 99.4 Å². The summed E-state index contributed by atoms with van der Waals surface area (Å²) >= 11 is 13.7. The molecule has 0 radical (unpaired) electrons. The Morgan fingerprint density at radius 3 is 2.58 bits per heavy atom. The van der Waals surface area contributed by atoms with E-state index >= 15 is 0 Å². The zero-order valence-corrected chi connectivity index (χ0v) is 21.0. The molecule has 5 rings (SSSR count). The smallest absolute Gasteiger partial charge is 0.345 e. The number of esters is 1. The van der Waals surface area contributed by atoms with Crippen molar-refractivity contribution < 1.29 is 13.9 Å². The Hall–Kier alpha value is -3.52. The van der Waals surface area contributed by atoms with Gasteiger partial charge in [-0.2, -0.15) is 0 Å². The first-order valence-corrected chi connectivity index (χ1v) is 12.6. The van der Waals surface area contributed by atoms with Crippen molar-refractivity contribution in [3.8, 4) is 16.9 Å². The summed E-state index contributed by atoms with van der Waals surface area (Å²) in [6, 6.07) is 23.5. The standard InChI is InChI=1S/C27H18Cl2N2O4S/c28-19-10-11-23(21(29)13-19)31-14-22(20-12-18-8-4-5-9-24(18)35-26(20)33)30-27(31)36-16-25(32)34-15-17-6-2-1-3-7-17/h1-14H,15-16H2. The molecule has 0 saturated heterocycles. The summed E-state index contributed by atoms with van der Waals surface area (Å²) < 4.78 is 12.6. The summed E-state index contributed by atoms with van der Waals surface area (Å²) in [5.41, 5.74) is 2.16. The van der Waals surface area contributed by atoms with Crippen molar-refractivity contribution in [2.75, 3.05) is 5.75 Å². The highest BCUT2D eigenvalue weighted by Gasteiger charge is 2.19. The monoisotopic (exact) mass is 536 g/mol. The second-order valence-electron chi connectivity index (χ2n) is 7.79. The number of thioether (sulfide) groups is 1. The number of para-hydroxylation sites is 1. The average Bonchev–Trinajstić information content (AvgIpc) is 3.30. The normalized spacial score (nSPS) is 11.1. The van der Waals surface area contributed by atoms with E-state index < -0.39 is 11.6 Å². The Bertz CT molecular complexity index is 1620. The van der Waals surface area contributed by atoms with Crippen LogP contribution < -0.4 is 5.63 Å². The van der Waals surface area contributed by atoms with Gasteiger partial charge in [-0.25, -0.2) is 9.78 Å². The van der Waals surface area contributed by atoms with Crippen molar-refractivity contribution in [2.24, 2.45) is 0 Å². The van der Waals surface area contributed by atoms with Crippen LogP contribution in [0.25, 0.3) is 27.9 Å². The second-order valence-corrected chi connectivity index (χ2v) is 9.58. The molecule has 36 heavy (non-hydrogen) atoms. The van der Waals surface area contributed by atoms with E-state index in [9.17, 15) is 9.59 Å². The lowest BCUT2D eigenvalue weighted by molar-refractivity contribution is -0.141. The molecule has 2 heterocycles. The van der Waals surface area contributed by atoms with E-state index in [0.717, 1.165) is 10.9 Å². The van der Waals surface area contributed by atoms with Gasteiger partial charge in [0.05, 0.1) is 27.7 Å². The number of imidazole rings is 1. The molecule has 0 fully saturated rings. The molecule has 3 aromatic carbocycles. The topological polar surface area (TPSA) is 74.3 Å². The Labute approximate surface area is 220 Å². The highest BCUT2D eigenvalue weighted by Crippen LogP contribution is 2.32. The number of aromatic nitrogens is 2. The van der Waals surface area contributed by atoms with Crippen molar-refractivity contribution in [3.63, 3.8) is 0 Å². The molecule has 180 valence electrons. The molecular formula is C27H18Cl2N2O4S. The van der Waals surface area contributed by atoms with E-state index in [4.69, 9.17) is 32.4 Å². The van der Waals surface area contributed by atoms with Gasteiger partial charge < -0.3 is 9.15 Å². The summed E-state index contributed by atoms with van der Waals surface area (Å²) in [6.07, 6.45) is 1.69. The molecule has 2 aromatic heterocycles. The van der Waals surface area contributed by atoms with E-state index in [-0.39, 0.29) is 12.4 Å². The number of hydrogen-bond acceptors (Lipinski definition) is 6. The summed E-state index contributed by atoms with van der Waals surface area (Å²) in [5, 5.41) is 2.10. The van der Waals surface area contributed by atoms with E-state index in [1.54, 1.807) is 47.2 Å². The third-order valence-corrected chi connectivity index (χ3v) is 6.79. The van der Waals surface area contributed by atoms with Gasteiger partial charge in [0.2, 0.25) is 0 Å². The largest absolute Gasteiger partial charge is 0.460 e. The molecule has 0 saturated carbocycles. The first-order valence-electron chi connectivity index (χ1n) is 10.9. The molecule has 0 amide bonds. The fourth-order valence-electron chi connectivity index (χ4n) is 3.59. The number of ether oxygens (including phenoxy) is 1. The SMILES string of the molecule is O=C(CSc1nc(-c2cc3ccccc3oc2=O)cn1-c1ccc(Cl)cc1Cl)OCc1ccccc1. The molecule has 5 aromatic rings. The number of carbonyl (C=O) groups is 1. The Morgan fingerprint density at radius 2 is 1.78 bits per heavy atom. The maximum Gasteiger partial charge on any atom is 0.345 e. The van der Waals surface area contributed by atoms with E-state index in [1.807, 2.05) is 42.5 Å². The number of hydrogen-bond donors (Lipinski definition) is 0. The van der Waals surface area contributed by atoms with E-state index in [0.29, 0.717) is 37.7 Å².